The lowest BCUT2D eigenvalue weighted by Gasteiger charge is -2.11. The fraction of sp³-hybridized carbons (Fsp3) is 0.118. The number of nitrogens with zero attached hydrogens (tertiary/aromatic N) is 2. The van der Waals surface area contributed by atoms with E-state index in [9.17, 15) is 0 Å². The lowest BCUT2D eigenvalue weighted by atomic mass is 10.0. The van der Waals surface area contributed by atoms with Crippen LogP contribution in [0.5, 0.6) is 0 Å². The molecule has 1 heterocycles. The Hall–Kier alpha value is -2.10. The molecule has 2 aromatic carbocycles. The lowest BCUT2D eigenvalue weighted by Crippen LogP contribution is -2.11. The van der Waals surface area contributed by atoms with Gasteiger partial charge in [0.05, 0.1) is 17.9 Å². The van der Waals surface area contributed by atoms with Crippen LogP contribution in [-0.4, -0.2) is 9.78 Å². The second-order valence-electron chi connectivity index (χ2n) is 5.09. The topological polar surface area (TPSA) is 43.8 Å². The van der Waals surface area contributed by atoms with E-state index in [1.807, 2.05) is 60.3 Å². The molecule has 0 saturated heterocycles. The highest BCUT2D eigenvalue weighted by molar-refractivity contribution is 6.30. The molecule has 1 aromatic heterocycles. The smallest absolute Gasteiger partial charge is 0.0645 e. The fourth-order valence-electron chi connectivity index (χ4n) is 2.36. The number of aryl methyl sites for hydroxylation is 1. The van der Waals surface area contributed by atoms with Gasteiger partial charge in [-0.1, -0.05) is 35.9 Å². The predicted molar refractivity (Wildman–Crippen MR) is 85.8 cm³/mol. The molecule has 3 aromatic rings. The van der Waals surface area contributed by atoms with E-state index in [0.717, 1.165) is 22.4 Å². The molecular formula is C17H16ClN3. The van der Waals surface area contributed by atoms with Crippen molar-refractivity contribution in [1.82, 2.24) is 9.78 Å². The van der Waals surface area contributed by atoms with Gasteiger partial charge in [-0.2, -0.15) is 5.10 Å². The number of para-hydroxylation sites is 1. The van der Waals surface area contributed by atoms with Crippen LogP contribution < -0.4 is 5.73 Å². The summed E-state index contributed by atoms with van der Waals surface area (Å²) < 4.78 is 1.83. The zero-order chi connectivity index (χ0) is 14.8. The molecule has 0 aliphatic heterocycles. The molecule has 1 atom stereocenters. The Balaban J connectivity index is 1.92. The molecule has 0 bridgehead atoms. The Morgan fingerprint density at radius 2 is 1.86 bits per heavy atom. The molecule has 21 heavy (non-hydrogen) atoms. The second kappa shape index (κ2) is 5.72. The number of aromatic nitrogens is 2. The number of hydrogen-bond acceptors (Lipinski definition) is 2. The SMILES string of the molecule is Cc1cc(Cl)cc(C(N)c2cnn(-c3ccccc3)c2)c1. The van der Waals surface area contributed by atoms with Crippen LogP contribution in [-0.2, 0) is 0 Å². The van der Waals surface area contributed by atoms with Gasteiger partial charge in [0, 0.05) is 16.8 Å². The maximum absolute atomic E-state index is 6.33. The van der Waals surface area contributed by atoms with Crippen molar-refractivity contribution in [1.29, 1.82) is 0 Å². The summed E-state index contributed by atoms with van der Waals surface area (Å²) in [6.07, 6.45) is 3.75. The Labute approximate surface area is 129 Å². The molecule has 106 valence electrons. The van der Waals surface area contributed by atoms with Crippen LogP contribution in [0.15, 0.2) is 60.9 Å². The molecule has 3 nitrogen and oxygen atoms in total. The Kier molecular flexibility index (Phi) is 3.78. The summed E-state index contributed by atoms with van der Waals surface area (Å²) in [5.74, 6) is 0. The largest absolute Gasteiger partial charge is 0.320 e. The normalized spacial score (nSPS) is 12.3. The quantitative estimate of drug-likeness (QED) is 0.797. The fourth-order valence-corrected chi connectivity index (χ4v) is 2.65. The summed E-state index contributed by atoms with van der Waals surface area (Å²) in [4.78, 5) is 0. The zero-order valence-corrected chi connectivity index (χ0v) is 12.5. The minimum atomic E-state index is -0.236. The summed E-state index contributed by atoms with van der Waals surface area (Å²) in [6, 6.07) is 15.6. The molecule has 0 aliphatic rings. The highest BCUT2D eigenvalue weighted by Crippen LogP contribution is 2.24. The third-order valence-corrected chi connectivity index (χ3v) is 3.62. The van der Waals surface area contributed by atoms with Crippen LogP contribution in [0, 0.1) is 6.92 Å². The van der Waals surface area contributed by atoms with Gasteiger partial charge in [0.25, 0.3) is 0 Å². The Morgan fingerprint density at radius 3 is 2.57 bits per heavy atom. The van der Waals surface area contributed by atoms with Gasteiger partial charge in [-0.15, -0.1) is 0 Å². The van der Waals surface area contributed by atoms with Crippen LogP contribution in [0.25, 0.3) is 5.69 Å². The van der Waals surface area contributed by atoms with Crippen LogP contribution in [0.3, 0.4) is 0 Å². The van der Waals surface area contributed by atoms with E-state index in [0.29, 0.717) is 5.02 Å². The van der Waals surface area contributed by atoms with Crippen molar-refractivity contribution in [2.45, 2.75) is 13.0 Å². The standard InChI is InChI=1S/C17H16ClN3/c1-12-7-13(9-15(18)8-12)17(19)14-10-20-21(11-14)16-5-3-2-4-6-16/h2-11,17H,19H2,1H3. The number of benzene rings is 2. The summed E-state index contributed by atoms with van der Waals surface area (Å²) >= 11 is 6.11. The summed E-state index contributed by atoms with van der Waals surface area (Å²) in [5, 5.41) is 5.09. The van der Waals surface area contributed by atoms with E-state index in [-0.39, 0.29) is 6.04 Å². The third kappa shape index (κ3) is 2.99. The maximum atomic E-state index is 6.33. The molecule has 0 amide bonds. The summed E-state index contributed by atoms with van der Waals surface area (Å²) in [7, 11) is 0. The van der Waals surface area contributed by atoms with Gasteiger partial charge in [-0.25, -0.2) is 4.68 Å². The maximum Gasteiger partial charge on any atom is 0.0645 e. The molecular weight excluding hydrogens is 282 g/mol. The number of halogens is 1. The van der Waals surface area contributed by atoms with E-state index in [2.05, 4.69) is 11.2 Å². The molecule has 0 fully saturated rings. The van der Waals surface area contributed by atoms with E-state index >= 15 is 0 Å². The van der Waals surface area contributed by atoms with Gasteiger partial charge >= 0.3 is 0 Å². The first-order valence-electron chi connectivity index (χ1n) is 6.76. The minimum absolute atomic E-state index is 0.236. The van der Waals surface area contributed by atoms with E-state index in [4.69, 9.17) is 17.3 Å². The van der Waals surface area contributed by atoms with Crippen molar-refractivity contribution in [3.05, 3.63) is 82.6 Å². The van der Waals surface area contributed by atoms with Crippen LogP contribution in [0.4, 0.5) is 0 Å². The highest BCUT2D eigenvalue weighted by Gasteiger charge is 2.12. The Bertz CT molecular complexity index is 729. The average Bonchev–Trinajstić information content (AvgIpc) is 2.96. The summed E-state index contributed by atoms with van der Waals surface area (Å²) in [5.41, 5.74) is 10.4. The molecule has 0 radical (unpaired) electrons. The lowest BCUT2D eigenvalue weighted by molar-refractivity contribution is 0.860. The molecule has 3 rings (SSSR count). The van der Waals surface area contributed by atoms with Crippen LogP contribution in [0.2, 0.25) is 5.02 Å². The molecule has 2 N–H and O–H groups in total. The number of hydrogen-bond donors (Lipinski definition) is 1. The zero-order valence-electron chi connectivity index (χ0n) is 11.7. The molecule has 0 spiro atoms. The van der Waals surface area contributed by atoms with Gasteiger partial charge in [-0.05, 0) is 42.3 Å². The molecule has 1 unspecified atom stereocenters. The van der Waals surface area contributed by atoms with Gasteiger partial charge < -0.3 is 5.73 Å². The van der Waals surface area contributed by atoms with E-state index in [1.165, 1.54) is 0 Å². The van der Waals surface area contributed by atoms with Gasteiger partial charge in [-0.3, -0.25) is 0 Å². The van der Waals surface area contributed by atoms with Crippen molar-refractivity contribution in [2.24, 2.45) is 5.73 Å². The minimum Gasteiger partial charge on any atom is -0.320 e. The van der Waals surface area contributed by atoms with E-state index < -0.39 is 0 Å². The van der Waals surface area contributed by atoms with Crippen LogP contribution in [0.1, 0.15) is 22.7 Å². The average molecular weight is 298 g/mol. The summed E-state index contributed by atoms with van der Waals surface area (Å²) in [6.45, 7) is 2.01. The second-order valence-corrected chi connectivity index (χ2v) is 5.53. The van der Waals surface area contributed by atoms with Crippen molar-refractivity contribution >= 4 is 11.6 Å². The van der Waals surface area contributed by atoms with Crippen molar-refractivity contribution in [3.8, 4) is 5.69 Å². The van der Waals surface area contributed by atoms with E-state index in [1.54, 1.807) is 6.20 Å². The van der Waals surface area contributed by atoms with Crippen molar-refractivity contribution in [3.63, 3.8) is 0 Å². The van der Waals surface area contributed by atoms with Crippen molar-refractivity contribution < 1.29 is 0 Å². The third-order valence-electron chi connectivity index (χ3n) is 3.41. The highest BCUT2D eigenvalue weighted by atomic mass is 35.5. The first-order valence-corrected chi connectivity index (χ1v) is 7.14. The molecule has 4 heteroatoms. The number of rotatable bonds is 3. The van der Waals surface area contributed by atoms with Gasteiger partial charge in [0.1, 0.15) is 0 Å². The molecule has 0 saturated carbocycles. The van der Waals surface area contributed by atoms with Crippen LogP contribution >= 0.6 is 11.6 Å². The predicted octanol–water partition coefficient (Wildman–Crippen LogP) is 3.88. The monoisotopic (exact) mass is 297 g/mol. The van der Waals surface area contributed by atoms with Gasteiger partial charge in [0.15, 0.2) is 0 Å². The number of nitrogens with two attached hydrogens (primary N) is 1. The van der Waals surface area contributed by atoms with Gasteiger partial charge in [0.2, 0.25) is 0 Å². The first kappa shape index (κ1) is 13.9. The van der Waals surface area contributed by atoms with Crippen molar-refractivity contribution in [2.75, 3.05) is 0 Å². The first-order chi connectivity index (χ1) is 10.1. The molecule has 0 aliphatic carbocycles. The Morgan fingerprint density at radius 1 is 1.10 bits per heavy atom.